The van der Waals surface area contributed by atoms with Crippen molar-refractivity contribution in [1.82, 2.24) is 5.01 Å². The molecule has 0 atom stereocenters. The standard InChI is InChI=1S/C17H20N2O/c1-14-6-4-5-7-16(14)13-20-17-10-8-15(9-11-17)12-18-19(2)3/h4-12H,13H2,1-3H3/b18-12-. The number of hydrogen-bond acceptors (Lipinski definition) is 3. The molecule has 2 aromatic rings. The van der Waals surface area contributed by atoms with E-state index in [0.717, 1.165) is 11.3 Å². The lowest BCUT2D eigenvalue weighted by Crippen LogP contribution is -2.02. The Bertz CT molecular complexity index is 574. The summed E-state index contributed by atoms with van der Waals surface area (Å²) in [6.07, 6.45) is 1.82. The lowest BCUT2D eigenvalue weighted by atomic mass is 10.1. The van der Waals surface area contributed by atoms with Gasteiger partial charge in [0.2, 0.25) is 0 Å². The molecule has 0 radical (unpaired) electrons. The number of benzene rings is 2. The third-order valence-corrected chi connectivity index (χ3v) is 2.97. The molecule has 0 aliphatic heterocycles. The third-order valence-electron chi connectivity index (χ3n) is 2.97. The van der Waals surface area contributed by atoms with Gasteiger partial charge in [-0.3, -0.25) is 0 Å². The van der Waals surface area contributed by atoms with E-state index in [0.29, 0.717) is 6.61 Å². The lowest BCUT2D eigenvalue weighted by Gasteiger charge is -2.08. The molecule has 0 aliphatic carbocycles. The van der Waals surface area contributed by atoms with Crippen LogP contribution in [-0.4, -0.2) is 25.3 Å². The van der Waals surface area contributed by atoms with E-state index in [1.165, 1.54) is 11.1 Å². The zero-order valence-corrected chi connectivity index (χ0v) is 12.2. The molecule has 0 saturated heterocycles. The highest BCUT2D eigenvalue weighted by Crippen LogP contribution is 2.15. The van der Waals surface area contributed by atoms with Gasteiger partial charge in [-0.25, -0.2) is 0 Å². The Hall–Kier alpha value is -2.29. The first kappa shape index (κ1) is 14.1. The number of nitrogens with zero attached hydrogens (tertiary/aromatic N) is 2. The fourth-order valence-electron chi connectivity index (χ4n) is 1.77. The molecule has 20 heavy (non-hydrogen) atoms. The topological polar surface area (TPSA) is 24.8 Å². The van der Waals surface area contributed by atoms with Gasteiger partial charge in [0.1, 0.15) is 12.4 Å². The summed E-state index contributed by atoms with van der Waals surface area (Å²) in [7, 11) is 3.80. The molecule has 104 valence electrons. The molecule has 3 heteroatoms. The van der Waals surface area contributed by atoms with E-state index in [-0.39, 0.29) is 0 Å². The number of ether oxygens (including phenoxy) is 1. The highest BCUT2D eigenvalue weighted by Gasteiger charge is 1.99. The normalized spacial score (nSPS) is 10.8. The fraction of sp³-hybridized carbons (Fsp3) is 0.235. The third kappa shape index (κ3) is 4.12. The van der Waals surface area contributed by atoms with Gasteiger partial charge in [0, 0.05) is 14.1 Å². The Labute approximate surface area is 120 Å². The largest absolute Gasteiger partial charge is 0.489 e. The summed E-state index contributed by atoms with van der Waals surface area (Å²) in [6.45, 7) is 2.69. The van der Waals surface area contributed by atoms with Gasteiger partial charge < -0.3 is 9.75 Å². The maximum Gasteiger partial charge on any atom is 0.119 e. The van der Waals surface area contributed by atoms with E-state index in [1.54, 1.807) is 5.01 Å². The van der Waals surface area contributed by atoms with Crippen molar-refractivity contribution >= 4 is 6.21 Å². The van der Waals surface area contributed by atoms with Crippen molar-refractivity contribution in [1.29, 1.82) is 0 Å². The molecule has 3 nitrogen and oxygen atoms in total. The summed E-state index contributed by atoms with van der Waals surface area (Å²) in [5.41, 5.74) is 3.52. The molecule has 0 N–H and O–H groups in total. The summed E-state index contributed by atoms with van der Waals surface area (Å²) in [4.78, 5) is 0. The van der Waals surface area contributed by atoms with Gasteiger partial charge in [0.05, 0.1) is 6.21 Å². The van der Waals surface area contributed by atoms with Crippen molar-refractivity contribution in [3.8, 4) is 5.75 Å². The molecule has 2 rings (SSSR count). The summed E-state index contributed by atoms with van der Waals surface area (Å²) >= 11 is 0. The molecule has 0 amide bonds. The average Bonchev–Trinajstić information content (AvgIpc) is 2.45. The number of aryl methyl sites for hydroxylation is 1. The Kier molecular flexibility index (Phi) is 4.77. The van der Waals surface area contributed by atoms with Crippen LogP contribution in [0.2, 0.25) is 0 Å². The van der Waals surface area contributed by atoms with Crippen molar-refractivity contribution in [2.45, 2.75) is 13.5 Å². The predicted octanol–water partition coefficient (Wildman–Crippen LogP) is 3.47. The minimum Gasteiger partial charge on any atom is -0.489 e. The van der Waals surface area contributed by atoms with Crippen LogP contribution in [0.5, 0.6) is 5.75 Å². The van der Waals surface area contributed by atoms with Crippen molar-refractivity contribution in [2.24, 2.45) is 5.10 Å². The van der Waals surface area contributed by atoms with E-state index in [9.17, 15) is 0 Å². The van der Waals surface area contributed by atoms with Crippen LogP contribution in [0.3, 0.4) is 0 Å². The summed E-state index contributed by atoms with van der Waals surface area (Å²) in [5, 5.41) is 5.96. The number of hydrazone groups is 1. The van der Waals surface area contributed by atoms with Gasteiger partial charge in [-0.1, -0.05) is 24.3 Å². The summed E-state index contributed by atoms with van der Waals surface area (Å²) in [5.74, 6) is 0.871. The van der Waals surface area contributed by atoms with E-state index in [1.807, 2.05) is 56.7 Å². The van der Waals surface area contributed by atoms with Crippen LogP contribution >= 0.6 is 0 Å². The molecule has 2 aromatic carbocycles. The molecule has 0 saturated carbocycles. The van der Waals surface area contributed by atoms with Crippen LogP contribution in [-0.2, 0) is 6.61 Å². The maximum atomic E-state index is 5.80. The van der Waals surface area contributed by atoms with Crippen LogP contribution in [0.15, 0.2) is 53.6 Å². The monoisotopic (exact) mass is 268 g/mol. The number of rotatable bonds is 5. The molecular weight excluding hydrogens is 248 g/mol. The van der Waals surface area contributed by atoms with Crippen molar-refractivity contribution in [3.63, 3.8) is 0 Å². The van der Waals surface area contributed by atoms with E-state index in [2.05, 4.69) is 24.2 Å². The Morgan fingerprint density at radius 1 is 1.05 bits per heavy atom. The van der Waals surface area contributed by atoms with Crippen LogP contribution in [0.4, 0.5) is 0 Å². The molecule has 0 aliphatic rings. The van der Waals surface area contributed by atoms with Gasteiger partial charge in [0.15, 0.2) is 0 Å². The molecule has 0 bridgehead atoms. The fourth-order valence-corrected chi connectivity index (χ4v) is 1.77. The van der Waals surface area contributed by atoms with Gasteiger partial charge in [-0.05, 0) is 47.9 Å². The quantitative estimate of drug-likeness (QED) is 0.612. The van der Waals surface area contributed by atoms with Crippen LogP contribution < -0.4 is 4.74 Å². The van der Waals surface area contributed by atoms with Gasteiger partial charge in [0.25, 0.3) is 0 Å². The predicted molar refractivity (Wildman–Crippen MR) is 83.2 cm³/mol. The van der Waals surface area contributed by atoms with E-state index >= 15 is 0 Å². The Morgan fingerprint density at radius 3 is 2.40 bits per heavy atom. The molecule has 0 aromatic heterocycles. The van der Waals surface area contributed by atoms with Gasteiger partial charge in [-0.2, -0.15) is 5.10 Å². The minimum absolute atomic E-state index is 0.595. The molecule has 0 heterocycles. The molecular formula is C17H20N2O. The van der Waals surface area contributed by atoms with Crippen LogP contribution in [0, 0.1) is 6.92 Å². The first-order valence-corrected chi connectivity index (χ1v) is 6.64. The zero-order chi connectivity index (χ0) is 14.4. The van der Waals surface area contributed by atoms with E-state index < -0.39 is 0 Å². The van der Waals surface area contributed by atoms with Crippen molar-refractivity contribution in [3.05, 3.63) is 65.2 Å². The maximum absolute atomic E-state index is 5.80. The molecule has 0 spiro atoms. The van der Waals surface area contributed by atoms with Crippen molar-refractivity contribution < 1.29 is 4.74 Å². The first-order valence-electron chi connectivity index (χ1n) is 6.64. The van der Waals surface area contributed by atoms with Gasteiger partial charge >= 0.3 is 0 Å². The second-order valence-electron chi connectivity index (χ2n) is 4.88. The summed E-state index contributed by atoms with van der Waals surface area (Å²) < 4.78 is 5.80. The summed E-state index contributed by atoms with van der Waals surface area (Å²) in [6, 6.07) is 16.2. The number of hydrogen-bond donors (Lipinski definition) is 0. The SMILES string of the molecule is Cc1ccccc1COc1ccc(/C=N\N(C)C)cc1. The van der Waals surface area contributed by atoms with E-state index in [4.69, 9.17) is 4.74 Å². The highest BCUT2D eigenvalue weighted by atomic mass is 16.5. The second kappa shape index (κ2) is 6.75. The Balaban J connectivity index is 1.96. The Morgan fingerprint density at radius 2 is 1.75 bits per heavy atom. The second-order valence-corrected chi connectivity index (χ2v) is 4.88. The van der Waals surface area contributed by atoms with Crippen molar-refractivity contribution in [2.75, 3.05) is 14.1 Å². The van der Waals surface area contributed by atoms with Gasteiger partial charge in [-0.15, -0.1) is 0 Å². The smallest absolute Gasteiger partial charge is 0.119 e. The lowest BCUT2D eigenvalue weighted by molar-refractivity contribution is 0.305. The molecule has 0 fully saturated rings. The van der Waals surface area contributed by atoms with Crippen LogP contribution in [0.25, 0.3) is 0 Å². The zero-order valence-electron chi connectivity index (χ0n) is 12.2. The minimum atomic E-state index is 0.595. The average molecular weight is 268 g/mol. The first-order chi connectivity index (χ1) is 9.65. The van der Waals surface area contributed by atoms with Crippen LogP contribution in [0.1, 0.15) is 16.7 Å². The highest BCUT2D eigenvalue weighted by molar-refractivity contribution is 5.79. The molecule has 0 unspecified atom stereocenters.